The van der Waals surface area contributed by atoms with Gasteiger partial charge in [-0.3, -0.25) is 0 Å². The highest BCUT2D eigenvalue weighted by atomic mass is 35.5. The van der Waals surface area contributed by atoms with Crippen molar-refractivity contribution in [3.8, 4) is 5.82 Å². The van der Waals surface area contributed by atoms with E-state index in [2.05, 4.69) is 30.7 Å². The van der Waals surface area contributed by atoms with Crippen LogP contribution in [-0.2, 0) is 16.6 Å². The number of nitrogen functional groups attached to an aromatic ring is 1. The molecule has 11 nitrogen and oxygen atoms in total. The number of hydrogen-bond acceptors (Lipinski definition) is 9. The Morgan fingerprint density at radius 2 is 1.82 bits per heavy atom. The molecule has 0 unspecified atom stereocenters. The number of halogens is 2. The molecule has 2 heterocycles. The molecule has 2 aromatic heterocycles. The first kappa shape index (κ1) is 22.7. The van der Waals surface area contributed by atoms with E-state index in [1.54, 1.807) is 12.1 Å². The van der Waals surface area contributed by atoms with Gasteiger partial charge in [0, 0.05) is 18.3 Å². The highest BCUT2D eigenvalue weighted by Gasteiger charge is 2.13. The fraction of sp³-hybridized carbons (Fsp3) is 0.0526. The number of nitrogens with zero attached hydrogens (tertiary/aromatic N) is 5. The third kappa shape index (κ3) is 5.31. The zero-order valence-electron chi connectivity index (χ0n) is 16.8. The monoisotopic (exact) mass is 505 g/mol. The summed E-state index contributed by atoms with van der Waals surface area (Å²) in [4.78, 5) is 12.5. The molecule has 0 fully saturated rings. The second kappa shape index (κ2) is 9.19. The molecule has 0 radical (unpaired) electrons. The van der Waals surface area contributed by atoms with Crippen LogP contribution in [0.2, 0.25) is 10.0 Å². The van der Waals surface area contributed by atoms with E-state index in [4.69, 9.17) is 34.1 Å². The van der Waals surface area contributed by atoms with Crippen LogP contribution >= 0.6 is 23.2 Å². The van der Waals surface area contributed by atoms with Crippen LogP contribution in [0.4, 0.5) is 23.4 Å². The number of primary sulfonamides is 1. The first-order chi connectivity index (χ1) is 15.7. The van der Waals surface area contributed by atoms with Crippen molar-refractivity contribution in [2.75, 3.05) is 16.4 Å². The van der Waals surface area contributed by atoms with Gasteiger partial charge in [-0.25, -0.2) is 23.5 Å². The van der Waals surface area contributed by atoms with Crippen LogP contribution < -0.4 is 21.5 Å². The van der Waals surface area contributed by atoms with Gasteiger partial charge >= 0.3 is 0 Å². The summed E-state index contributed by atoms with van der Waals surface area (Å²) in [5.41, 5.74) is 7.35. The van der Waals surface area contributed by atoms with Gasteiger partial charge < -0.3 is 16.4 Å². The SMILES string of the molecule is Nc1nc(Nc2ccc(S(N)(=O)=O)cc2)nn1-c1cc(NCc2cccc(Cl)c2Cl)ncn1. The summed E-state index contributed by atoms with van der Waals surface area (Å²) in [5, 5.41) is 16.4. The fourth-order valence-corrected chi connectivity index (χ4v) is 3.74. The first-order valence-electron chi connectivity index (χ1n) is 9.32. The summed E-state index contributed by atoms with van der Waals surface area (Å²) < 4.78 is 24.1. The van der Waals surface area contributed by atoms with Crippen LogP contribution in [0.15, 0.2) is 59.8 Å². The molecule has 4 rings (SSSR count). The predicted octanol–water partition coefficient (Wildman–Crippen LogP) is 2.95. The van der Waals surface area contributed by atoms with E-state index >= 15 is 0 Å². The van der Waals surface area contributed by atoms with Crippen molar-refractivity contribution in [3.63, 3.8) is 0 Å². The van der Waals surface area contributed by atoms with Crippen molar-refractivity contribution < 1.29 is 8.42 Å². The standard InChI is InChI=1S/C19H17Cl2N9O2S/c20-14-3-1-2-11(17(14)21)9-24-15-8-16(26-10-25-15)30-18(22)28-19(29-30)27-12-4-6-13(7-5-12)33(23,31)32/h1-8,10H,9H2,(H2,23,31,32)(H,24,25,26)(H3,22,27,28,29). The third-order valence-electron chi connectivity index (χ3n) is 4.43. The second-order valence-corrected chi connectivity index (χ2v) is 9.07. The maximum absolute atomic E-state index is 11.4. The van der Waals surface area contributed by atoms with Gasteiger partial charge in [-0.15, -0.1) is 5.10 Å². The zero-order chi connectivity index (χ0) is 23.6. The minimum Gasteiger partial charge on any atom is -0.368 e. The van der Waals surface area contributed by atoms with E-state index in [0.29, 0.717) is 33.9 Å². The minimum atomic E-state index is -3.78. The Hall–Kier alpha value is -3.45. The third-order valence-corrected chi connectivity index (χ3v) is 6.22. The summed E-state index contributed by atoms with van der Waals surface area (Å²) in [6, 6.07) is 12.8. The summed E-state index contributed by atoms with van der Waals surface area (Å²) in [7, 11) is -3.78. The number of aromatic nitrogens is 5. The fourth-order valence-electron chi connectivity index (χ4n) is 2.83. The van der Waals surface area contributed by atoms with Crippen molar-refractivity contribution >= 4 is 56.6 Å². The van der Waals surface area contributed by atoms with Gasteiger partial charge in [0.2, 0.25) is 21.9 Å². The molecule has 0 saturated heterocycles. The number of sulfonamides is 1. The number of anilines is 4. The van der Waals surface area contributed by atoms with Crippen LogP contribution in [0.3, 0.4) is 0 Å². The van der Waals surface area contributed by atoms with Gasteiger partial charge in [0.1, 0.15) is 12.1 Å². The summed E-state index contributed by atoms with van der Waals surface area (Å²) >= 11 is 12.3. The molecule has 0 atom stereocenters. The molecule has 0 aliphatic heterocycles. The van der Waals surface area contributed by atoms with Gasteiger partial charge in [0.05, 0.1) is 14.9 Å². The van der Waals surface area contributed by atoms with E-state index in [0.717, 1.165) is 5.56 Å². The Kier molecular flexibility index (Phi) is 6.33. The van der Waals surface area contributed by atoms with Crippen molar-refractivity contribution in [1.29, 1.82) is 0 Å². The summed E-state index contributed by atoms with van der Waals surface area (Å²) in [6.07, 6.45) is 1.36. The summed E-state index contributed by atoms with van der Waals surface area (Å²) in [5.74, 6) is 1.17. The topological polar surface area (TPSA) is 167 Å². The highest BCUT2D eigenvalue weighted by Crippen LogP contribution is 2.26. The molecule has 0 spiro atoms. The van der Waals surface area contributed by atoms with Crippen molar-refractivity contribution in [2.24, 2.45) is 5.14 Å². The lowest BCUT2D eigenvalue weighted by atomic mass is 10.2. The van der Waals surface area contributed by atoms with Crippen LogP contribution in [0.5, 0.6) is 0 Å². The van der Waals surface area contributed by atoms with Gasteiger partial charge in [-0.05, 0) is 35.9 Å². The Balaban J connectivity index is 1.50. The van der Waals surface area contributed by atoms with Crippen molar-refractivity contribution in [1.82, 2.24) is 24.7 Å². The number of hydrogen-bond donors (Lipinski definition) is 4. The van der Waals surface area contributed by atoms with Crippen LogP contribution in [0.25, 0.3) is 5.82 Å². The molecule has 0 bridgehead atoms. The molecule has 4 aromatic rings. The molecule has 33 heavy (non-hydrogen) atoms. The van der Waals surface area contributed by atoms with E-state index < -0.39 is 10.0 Å². The van der Waals surface area contributed by atoms with E-state index in [1.807, 2.05) is 12.1 Å². The molecule has 6 N–H and O–H groups in total. The lowest BCUT2D eigenvalue weighted by Crippen LogP contribution is -2.11. The lowest BCUT2D eigenvalue weighted by Gasteiger charge is -2.09. The number of rotatable bonds is 7. The molecule has 2 aromatic carbocycles. The Labute approximate surface area is 198 Å². The van der Waals surface area contributed by atoms with Crippen molar-refractivity contribution in [3.05, 3.63) is 70.5 Å². The molecule has 0 amide bonds. The van der Waals surface area contributed by atoms with Gasteiger partial charge in [0.15, 0.2) is 5.82 Å². The number of nitrogens with one attached hydrogen (secondary N) is 2. The molecule has 0 saturated carbocycles. The van der Waals surface area contributed by atoms with E-state index in [1.165, 1.54) is 35.3 Å². The average molecular weight is 506 g/mol. The molecular weight excluding hydrogens is 489 g/mol. The maximum Gasteiger partial charge on any atom is 0.248 e. The molecular formula is C19H17Cl2N9O2S. The largest absolute Gasteiger partial charge is 0.368 e. The molecule has 14 heteroatoms. The van der Waals surface area contributed by atoms with E-state index in [-0.39, 0.29) is 16.8 Å². The molecule has 0 aliphatic carbocycles. The highest BCUT2D eigenvalue weighted by molar-refractivity contribution is 7.89. The van der Waals surface area contributed by atoms with Gasteiger partial charge in [0.25, 0.3) is 0 Å². The van der Waals surface area contributed by atoms with Crippen LogP contribution in [0, 0.1) is 0 Å². The molecule has 170 valence electrons. The first-order valence-corrected chi connectivity index (χ1v) is 11.6. The Morgan fingerprint density at radius 1 is 1.06 bits per heavy atom. The average Bonchev–Trinajstić information content (AvgIpc) is 3.14. The van der Waals surface area contributed by atoms with E-state index in [9.17, 15) is 8.42 Å². The smallest absolute Gasteiger partial charge is 0.248 e. The number of benzene rings is 2. The quantitative estimate of drug-likeness (QED) is 0.295. The van der Waals surface area contributed by atoms with Gasteiger partial charge in [-0.1, -0.05) is 35.3 Å². The normalized spacial score (nSPS) is 11.4. The second-order valence-electron chi connectivity index (χ2n) is 6.73. The molecule has 0 aliphatic rings. The Bertz CT molecular complexity index is 1410. The van der Waals surface area contributed by atoms with Crippen molar-refractivity contribution in [2.45, 2.75) is 11.4 Å². The maximum atomic E-state index is 11.4. The van der Waals surface area contributed by atoms with Gasteiger partial charge in [-0.2, -0.15) is 9.67 Å². The Morgan fingerprint density at radius 3 is 2.55 bits per heavy atom. The predicted molar refractivity (Wildman–Crippen MR) is 126 cm³/mol. The lowest BCUT2D eigenvalue weighted by molar-refractivity contribution is 0.598. The minimum absolute atomic E-state index is 0.00821. The zero-order valence-corrected chi connectivity index (χ0v) is 19.1. The van der Waals surface area contributed by atoms with Crippen LogP contribution in [0.1, 0.15) is 5.56 Å². The van der Waals surface area contributed by atoms with Crippen LogP contribution in [-0.4, -0.2) is 33.2 Å². The number of nitrogens with two attached hydrogens (primary N) is 2. The summed E-state index contributed by atoms with van der Waals surface area (Å²) in [6.45, 7) is 0.393.